The van der Waals surface area contributed by atoms with Crippen LogP contribution in [0.15, 0.2) is 28.7 Å². The lowest BCUT2D eigenvalue weighted by molar-refractivity contribution is -0.126. The molecule has 0 aliphatic carbocycles. The number of carbonyl (C=O) groups is 1. The molecule has 2 N–H and O–H groups in total. The predicted molar refractivity (Wildman–Crippen MR) is 108 cm³/mol. The molecule has 5 nitrogen and oxygen atoms in total. The van der Waals surface area contributed by atoms with Gasteiger partial charge < -0.3 is 15.4 Å². The lowest BCUT2D eigenvalue weighted by atomic mass is 10.0. The van der Waals surface area contributed by atoms with E-state index in [0.717, 1.165) is 43.5 Å². The summed E-state index contributed by atoms with van der Waals surface area (Å²) in [5, 5.41) is 6.37. The van der Waals surface area contributed by atoms with E-state index in [2.05, 4.69) is 55.7 Å². The van der Waals surface area contributed by atoms with Gasteiger partial charge in [0.05, 0.1) is 13.2 Å². The van der Waals surface area contributed by atoms with E-state index in [1.54, 1.807) is 0 Å². The maximum absolute atomic E-state index is 12.2. The Labute approximate surface area is 170 Å². The number of hydrogen-bond donors (Lipinski definition) is 2. The van der Waals surface area contributed by atoms with E-state index in [9.17, 15) is 4.79 Å². The Bertz CT molecular complexity index is 519. The maximum Gasteiger partial charge on any atom is 0.239 e. The standard InChI is InChI=1S/C17H24BrN3O2.2ClH/c18-14-3-1-13(2-4-14)11-21-8-5-15(6-9-21)20-17(22)16-12-23-10-7-19-16;;/h1-4,15-16,19H,5-12H2,(H,20,22);2*1H. The van der Waals surface area contributed by atoms with Crippen LogP contribution in [0.5, 0.6) is 0 Å². The number of morpholine rings is 1. The van der Waals surface area contributed by atoms with Crippen molar-refractivity contribution in [3.05, 3.63) is 34.3 Å². The minimum atomic E-state index is -0.190. The highest BCUT2D eigenvalue weighted by molar-refractivity contribution is 9.10. The van der Waals surface area contributed by atoms with Gasteiger partial charge in [-0.25, -0.2) is 0 Å². The number of hydrogen-bond acceptors (Lipinski definition) is 4. The topological polar surface area (TPSA) is 53.6 Å². The molecule has 142 valence electrons. The zero-order chi connectivity index (χ0) is 16.1. The molecule has 3 rings (SSSR count). The van der Waals surface area contributed by atoms with Gasteiger partial charge in [-0.2, -0.15) is 0 Å². The van der Waals surface area contributed by atoms with Crippen LogP contribution in [0.1, 0.15) is 18.4 Å². The largest absolute Gasteiger partial charge is 0.378 e. The van der Waals surface area contributed by atoms with Gasteiger partial charge in [-0.15, -0.1) is 24.8 Å². The number of rotatable bonds is 4. The number of ether oxygens (including phenoxy) is 1. The number of piperidine rings is 1. The normalized spacial score (nSPS) is 21.7. The summed E-state index contributed by atoms with van der Waals surface area (Å²) in [6.07, 6.45) is 2.02. The van der Waals surface area contributed by atoms with Crippen molar-refractivity contribution in [1.29, 1.82) is 0 Å². The number of carbonyl (C=O) groups excluding carboxylic acids is 1. The van der Waals surface area contributed by atoms with Gasteiger partial charge in [-0.05, 0) is 30.5 Å². The van der Waals surface area contributed by atoms with Crippen LogP contribution >= 0.6 is 40.7 Å². The fourth-order valence-corrected chi connectivity index (χ4v) is 3.38. The van der Waals surface area contributed by atoms with Crippen molar-refractivity contribution >= 4 is 46.7 Å². The van der Waals surface area contributed by atoms with E-state index in [4.69, 9.17) is 4.74 Å². The Morgan fingerprint density at radius 1 is 1.24 bits per heavy atom. The van der Waals surface area contributed by atoms with Crippen molar-refractivity contribution < 1.29 is 9.53 Å². The van der Waals surface area contributed by atoms with E-state index in [1.807, 2.05) is 0 Å². The highest BCUT2D eigenvalue weighted by Crippen LogP contribution is 2.16. The van der Waals surface area contributed by atoms with Gasteiger partial charge in [0.25, 0.3) is 0 Å². The van der Waals surface area contributed by atoms with E-state index >= 15 is 0 Å². The third-order valence-corrected chi connectivity index (χ3v) is 5.02. The predicted octanol–water partition coefficient (Wildman–Crippen LogP) is 2.36. The zero-order valence-electron chi connectivity index (χ0n) is 14.1. The van der Waals surface area contributed by atoms with Gasteiger partial charge in [-0.1, -0.05) is 28.1 Å². The molecule has 2 heterocycles. The fourth-order valence-electron chi connectivity index (χ4n) is 3.12. The third-order valence-electron chi connectivity index (χ3n) is 4.49. The van der Waals surface area contributed by atoms with Crippen molar-refractivity contribution in [2.75, 3.05) is 32.8 Å². The van der Waals surface area contributed by atoms with Crippen molar-refractivity contribution in [2.45, 2.75) is 31.5 Å². The van der Waals surface area contributed by atoms with E-state index in [0.29, 0.717) is 13.2 Å². The SMILES string of the molecule is Cl.Cl.O=C(NC1CCN(Cc2ccc(Br)cc2)CC1)C1COCCN1. The molecule has 0 spiro atoms. The van der Waals surface area contributed by atoms with Crippen molar-refractivity contribution in [1.82, 2.24) is 15.5 Å². The van der Waals surface area contributed by atoms with Gasteiger partial charge in [-0.3, -0.25) is 9.69 Å². The Kier molecular flexibility index (Phi) is 10.3. The van der Waals surface area contributed by atoms with Crippen LogP contribution in [0, 0.1) is 0 Å². The van der Waals surface area contributed by atoms with Crippen LogP contribution in [0.2, 0.25) is 0 Å². The van der Waals surface area contributed by atoms with Crippen LogP contribution < -0.4 is 10.6 Å². The summed E-state index contributed by atoms with van der Waals surface area (Å²) < 4.78 is 6.46. The highest BCUT2D eigenvalue weighted by atomic mass is 79.9. The molecule has 1 atom stereocenters. The van der Waals surface area contributed by atoms with Crippen LogP contribution in [0.4, 0.5) is 0 Å². The van der Waals surface area contributed by atoms with Crippen LogP contribution in [-0.2, 0) is 16.1 Å². The van der Waals surface area contributed by atoms with Gasteiger partial charge in [0.1, 0.15) is 6.04 Å². The van der Waals surface area contributed by atoms with Crippen molar-refractivity contribution in [2.24, 2.45) is 0 Å². The molecular formula is C17H26BrCl2N3O2. The minimum absolute atomic E-state index is 0. The molecule has 1 amide bonds. The minimum Gasteiger partial charge on any atom is -0.378 e. The Morgan fingerprint density at radius 3 is 2.52 bits per heavy atom. The molecule has 25 heavy (non-hydrogen) atoms. The molecule has 1 unspecified atom stereocenters. The van der Waals surface area contributed by atoms with E-state index in [1.165, 1.54) is 5.56 Å². The lowest BCUT2D eigenvalue weighted by Crippen LogP contribution is -2.54. The average molecular weight is 455 g/mol. The molecule has 0 bridgehead atoms. The summed E-state index contributed by atoms with van der Waals surface area (Å²) in [5.41, 5.74) is 1.33. The summed E-state index contributed by atoms with van der Waals surface area (Å²) in [6, 6.07) is 8.58. The van der Waals surface area contributed by atoms with Gasteiger partial charge in [0, 0.05) is 36.7 Å². The molecule has 0 aromatic heterocycles. The highest BCUT2D eigenvalue weighted by Gasteiger charge is 2.25. The van der Waals surface area contributed by atoms with Crippen molar-refractivity contribution in [3.63, 3.8) is 0 Å². The van der Waals surface area contributed by atoms with E-state index in [-0.39, 0.29) is 42.8 Å². The lowest BCUT2D eigenvalue weighted by Gasteiger charge is -2.33. The number of halogens is 3. The van der Waals surface area contributed by atoms with Gasteiger partial charge in [0.2, 0.25) is 5.91 Å². The van der Waals surface area contributed by atoms with Crippen molar-refractivity contribution in [3.8, 4) is 0 Å². The molecule has 8 heteroatoms. The number of likely N-dealkylation sites (tertiary alicyclic amines) is 1. The number of nitrogens with zero attached hydrogens (tertiary/aromatic N) is 1. The molecular weight excluding hydrogens is 429 g/mol. The molecule has 0 radical (unpaired) electrons. The van der Waals surface area contributed by atoms with E-state index < -0.39 is 0 Å². The summed E-state index contributed by atoms with van der Waals surface area (Å²) in [7, 11) is 0. The molecule has 2 aliphatic heterocycles. The molecule has 1 aromatic carbocycles. The molecule has 1 aromatic rings. The molecule has 2 saturated heterocycles. The fraction of sp³-hybridized carbons (Fsp3) is 0.588. The zero-order valence-corrected chi connectivity index (χ0v) is 17.3. The summed E-state index contributed by atoms with van der Waals surface area (Å²) in [5.74, 6) is 0.0797. The second kappa shape index (κ2) is 11.4. The van der Waals surface area contributed by atoms with Gasteiger partial charge >= 0.3 is 0 Å². The second-order valence-electron chi connectivity index (χ2n) is 6.27. The summed E-state index contributed by atoms with van der Waals surface area (Å²) in [6.45, 7) is 4.95. The number of benzene rings is 1. The number of nitrogens with one attached hydrogen (secondary N) is 2. The molecule has 2 fully saturated rings. The van der Waals surface area contributed by atoms with Crippen LogP contribution in [0.25, 0.3) is 0 Å². The summed E-state index contributed by atoms with van der Waals surface area (Å²) in [4.78, 5) is 14.7. The smallest absolute Gasteiger partial charge is 0.239 e. The maximum atomic E-state index is 12.2. The third kappa shape index (κ3) is 7.04. The van der Waals surface area contributed by atoms with Gasteiger partial charge in [0.15, 0.2) is 0 Å². The first-order valence-corrected chi connectivity index (χ1v) is 9.08. The summed E-state index contributed by atoms with van der Waals surface area (Å²) >= 11 is 3.47. The first kappa shape index (κ1) is 22.7. The Hall–Kier alpha value is -0.370. The molecule has 0 saturated carbocycles. The Balaban J connectivity index is 0.00000156. The molecule has 2 aliphatic rings. The Morgan fingerprint density at radius 2 is 1.92 bits per heavy atom. The second-order valence-corrected chi connectivity index (χ2v) is 7.18. The first-order valence-electron chi connectivity index (χ1n) is 8.29. The average Bonchev–Trinajstić information content (AvgIpc) is 2.59. The van der Waals surface area contributed by atoms with Crippen LogP contribution in [-0.4, -0.2) is 55.7 Å². The van der Waals surface area contributed by atoms with Crippen LogP contribution in [0.3, 0.4) is 0 Å². The number of amides is 1. The first-order chi connectivity index (χ1) is 11.2. The quantitative estimate of drug-likeness (QED) is 0.733. The monoisotopic (exact) mass is 453 g/mol.